The summed E-state index contributed by atoms with van der Waals surface area (Å²) in [6, 6.07) is -8.88. The van der Waals surface area contributed by atoms with Crippen LogP contribution in [0, 0.1) is 0 Å². The molecule has 0 aliphatic heterocycles. The van der Waals surface area contributed by atoms with E-state index in [9.17, 15) is 164 Å². The Morgan fingerprint density at radius 3 is 1.13 bits per heavy atom. The van der Waals surface area contributed by atoms with Gasteiger partial charge in [-0.1, -0.05) is 21.6 Å². The molecule has 1 aromatic carbocycles. The number of aromatic amines is 1. The van der Waals surface area contributed by atoms with Crippen LogP contribution in [0.25, 0.3) is 11.2 Å². The molecule has 0 spiro atoms. The molecule has 3 rings (SSSR count). The first-order valence-corrected chi connectivity index (χ1v) is 38.6. The van der Waals surface area contributed by atoms with E-state index in [-0.39, 0.29) is 40.7 Å². The standard InChI is InChI=1S/C66H100N16O34S2/c1-117-118-26-36(65(115)116)80-62(111)32(8-14-45(94)71-22-39(88)52(102)55(105)42(91)25-85)76-61(110)34(11-17-48(98)99)78-59(108)31(7-13-44(93)70-21-38(87)51(101)54(104)41(90)24-84)75-60(109)33(10-16-47(96)97)77-58(107)30(6-12-43(92)69-20-37(86)50(100)53(103)40(89)23-83)74-46(95)15-9-35(64(113)114)79-57(106)27-2-4-28(5-3-27)68-18-29-19-72-56-49(73-29)63(112)82-66(67)81-56/h2-5,19,30-42,50-55,68,83-91,100-105H,6-18,20-26H2,1H3,(H,69,92)(H,70,93)(H,71,94)(H,74,95)(H,75,109)(H,76,110)(H,77,107)(H,78,108)(H,79,106)(H,80,111)(H,96,97)(H,98,99)(H,113,114)(H,115,116)(H3,67,72,81,82,112)/t30-,31-,32-,33+,34+,35+,36+,37-,38-,39-,40+,41+,42+,50+,51+,52+,53+,54+,55+/m0/s1. The average Bonchev–Trinajstić information content (AvgIpc) is 0.809. The number of aliphatic carboxylic acids is 4. The van der Waals surface area contributed by atoms with Crippen molar-refractivity contribution in [3.05, 3.63) is 52.1 Å². The molecule has 0 saturated carbocycles. The number of nitrogens with one attached hydrogen (secondary N) is 12. The summed E-state index contributed by atoms with van der Waals surface area (Å²) >= 11 is 0. The molecule has 3 aromatic rings. The van der Waals surface area contributed by atoms with Crippen molar-refractivity contribution in [3.8, 4) is 0 Å². The molecular weight excluding hydrogens is 1620 g/mol. The van der Waals surface area contributed by atoms with E-state index >= 15 is 0 Å². The maximum absolute atomic E-state index is 14.7. The molecule has 33 N–H and O–H groups in total. The van der Waals surface area contributed by atoms with Gasteiger partial charge in [-0.15, -0.1) is 0 Å². The van der Waals surface area contributed by atoms with Crippen LogP contribution >= 0.6 is 21.6 Å². The average molecular weight is 1730 g/mol. The van der Waals surface area contributed by atoms with Gasteiger partial charge in [0.25, 0.3) is 11.5 Å². The first-order chi connectivity index (χ1) is 55.5. The van der Waals surface area contributed by atoms with Crippen molar-refractivity contribution in [3.63, 3.8) is 0 Å². The summed E-state index contributed by atoms with van der Waals surface area (Å²) < 4.78 is 0. The van der Waals surface area contributed by atoms with E-state index in [0.717, 1.165) is 21.6 Å². The maximum Gasteiger partial charge on any atom is 0.327 e. The Bertz CT molecular complexity index is 3920. The Kier molecular flexibility index (Phi) is 44.8. The lowest BCUT2D eigenvalue weighted by Crippen LogP contribution is -2.60. The normalized spacial score (nSPS) is 16.2. The predicted molar refractivity (Wildman–Crippen MR) is 403 cm³/mol. The molecule has 19 atom stereocenters. The predicted octanol–water partition coefficient (Wildman–Crippen LogP) is -13.4. The van der Waals surface area contributed by atoms with Crippen LogP contribution in [0.3, 0.4) is 0 Å². The number of aliphatic hydroxyl groups is 15. The number of carbonyl (C=O) groups excluding carboxylic acids is 10. The van der Waals surface area contributed by atoms with Crippen LogP contribution in [0.5, 0.6) is 0 Å². The van der Waals surface area contributed by atoms with Crippen molar-refractivity contribution in [2.75, 3.05) is 62.5 Å². The van der Waals surface area contributed by atoms with Gasteiger partial charge in [-0.25, -0.2) is 19.6 Å². The van der Waals surface area contributed by atoms with Crippen LogP contribution in [-0.2, 0) is 68.9 Å². The van der Waals surface area contributed by atoms with Gasteiger partial charge in [0.05, 0.1) is 56.6 Å². The number of aliphatic hydroxyl groups excluding tert-OH is 15. The number of fused-ring (bicyclic) bond motifs is 1. The van der Waals surface area contributed by atoms with E-state index < -0.39 is 321 Å². The quantitative estimate of drug-likeness (QED) is 0.0233. The molecule has 0 bridgehead atoms. The molecule has 0 unspecified atom stereocenters. The largest absolute Gasteiger partial charge is 0.481 e. The van der Waals surface area contributed by atoms with Crippen LogP contribution < -0.4 is 69.8 Å². The van der Waals surface area contributed by atoms with Gasteiger partial charge in [0.2, 0.25) is 59.1 Å². The molecule has 118 heavy (non-hydrogen) atoms. The third-order valence-corrected chi connectivity index (χ3v) is 19.1. The number of amides is 10. The van der Waals surface area contributed by atoms with Gasteiger partial charge >= 0.3 is 23.9 Å². The highest BCUT2D eigenvalue weighted by atomic mass is 33.1. The molecule has 0 aliphatic carbocycles. The number of carbonyl (C=O) groups is 14. The first-order valence-electron chi connectivity index (χ1n) is 35.9. The number of H-pyrrole nitrogens is 1. The number of aromatic nitrogens is 4. The van der Waals surface area contributed by atoms with Gasteiger partial charge in [0.15, 0.2) is 11.2 Å². The monoisotopic (exact) mass is 1720 g/mol. The van der Waals surface area contributed by atoms with Crippen LogP contribution in [-0.4, -0.2) is 367 Å². The number of anilines is 2. The van der Waals surface area contributed by atoms with E-state index in [1.807, 2.05) is 0 Å². The van der Waals surface area contributed by atoms with E-state index in [4.69, 9.17) is 10.8 Å². The van der Waals surface area contributed by atoms with Gasteiger partial charge < -0.3 is 161 Å². The molecular formula is C66H100N16O34S2. The second kappa shape index (κ2) is 51.8. The molecule has 0 saturated heterocycles. The number of benzene rings is 1. The number of nitrogens with two attached hydrogens (primary N) is 1. The minimum absolute atomic E-state index is 0.00245. The van der Waals surface area contributed by atoms with Gasteiger partial charge in [0, 0.05) is 75.2 Å². The summed E-state index contributed by atoms with van der Waals surface area (Å²) in [6.07, 6.45) is -33.1. The minimum atomic E-state index is -2.24. The van der Waals surface area contributed by atoms with Gasteiger partial charge in [-0.3, -0.25) is 67.3 Å². The van der Waals surface area contributed by atoms with Crippen LogP contribution in [0.4, 0.5) is 11.6 Å². The molecule has 0 radical (unpaired) electrons. The molecule has 660 valence electrons. The number of hydrogen-bond donors (Lipinski definition) is 32. The summed E-state index contributed by atoms with van der Waals surface area (Å²) in [5, 5.41) is 213. The SMILES string of the molecule is CSSC[C@@H](NC(=O)[C@H](CCC(=O)NC[C@H](O)[C@@H](O)[C@H](O)[C@H](O)CO)NC(=O)[C@@H](CCC(=O)O)NC(=O)[C@H](CCC(=O)NC[C@H](O)[C@@H](O)[C@H](O)[C@H](O)CO)NC(=O)[C@@H](CCC(=O)O)NC(=O)[C@H](CCC(=O)NC[C@H](O)[C@@H](O)[C@H](O)[C@H](O)CO)NC(=O)CC[C@@H](NC(=O)c1ccc(NCc2cnc3nc(N)[nH]c(=O)c3n2)cc1)C(=O)O)C(=O)O. The van der Waals surface area contributed by atoms with Crippen LogP contribution in [0.1, 0.15) is 93.1 Å². The molecule has 52 heteroatoms. The summed E-state index contributed by atoms with van der Waals surface area (Å²) in [5.41, 5.74) is 5.36. The summed E-state index contributed by atoms with van der Waals surface area (Å²) in [4.78, 5) is 215. The summed E-state index contributed by atoms with van der Waals surface area (Å²) in [7, 11) is 2.02. The van der Waals surface area contributed by atoms with E-state index in [1.165, 1.54) is 30.5 Å². The van der Waals surface area contributed by atoms with Crippen molar-refractivity contribution in [2.24, 2.45) is 0 Å². The third-order valence-electron chi connectivity index (χ3n) is 17.3. The lowest BCUT2D eigenvalue weighted by Gasteiger charge is -2.28. The lowest BCUT2D eigenvalue weighted by molar-refractivity contribution is -0.142. The fourth-order valence-electron chi connectivity index (χ4n) is 10.4. The maximum atomic E-state index is 14.7. The molecule has 0 aliphatic rings. The Morgan fingerprint density at radius 1 is 0.432 bits per heavy atom. The third kappa shape index (κ3) is 35.5. The van der Waals surface area contributed by atoms with Crippen molar-refractivity contribution >= 4 is 127 Å². The highest BCUT2D eigenvalue weighted by molar-refractivity contribution is 8.76. The molecule has 2 heterocycles. The van der Waals surface area contributed by atoms with Gasteiger partial charge in [0.1, 0.15) is 97.2 Å². The fraction of sp³-hybridized carbons (Fsp3) is 0.606. The number of carboxylic acids is 4. The zero-order chi connectivity index (χ0) is 88.8. The Labute approximate surface area is 675 Å². The second-order valence-electron chi connectivity index (χ2n) is 26.3. The van der Waals surface area contributed by atoms with E-state index in [0.29, 0.717) is 5.69 Å². The van der Waals surface area contributed by atoms with E-state index in [2.05, 4.69) is 78.4 Å². The summed E-state index contributed by atoms with van der Waals surface area (Å²) in [6.45, 7) is -5.95. The van der Waals surface area contributed by atoms with Gasteiger partial charge in [-0.2, -0.15) is 4.98 Å². The smallest absolute Gasteiger partial charge is 0.327 e. The highest BCUT2D eigenvalue weighted by Gasteiger charge is 2.38. The lowest BCUT2D eigenvalue weighted by atomic mass is 10.0. The Morgan fingerprint density at radius 2 is 0.771 bits per heavy atom. The van der Waals surface area contributed by atoms with Crippen molar-refractivity contribution in [1.82, 2.24) is 73.1 Å². The molecule has 2 aromatic heterocycles. The van der Waals surface area contributed by atoms with E-state index in [1.54, 1.807) is 6.26 Å². The zero-order valence-electron chi connectivity index (χ0n) is 62.9. The highest BCUT2D eigenvalue weighted by Crippen LogP contribution is 2.19. The van der Waals surface area contributed by atoms with Crippen molar-refractivity contribution in [2.45, 2.75) is 199 Å². The van der Waals surface area contributed by atoms with Gasteiger partial charge in [-0.05, 0) is 69.0 Å². The molecule has 50 nitrogen and oxygen atoms in total. The minimum Gasteiger partial charge on any atom is -0.481 e. The summed E-state index contributed by atoms with van der Waals surface area (Å²) in [5.74, 6) is -20.1. The van der Waals surface area contributed by atoms with Crippen LogP contribution in [0.2, 0.25) is 0 Å². The number of rotatable bonds is 57. The number of nitrogen functional groups attached to an aromatic ring is 1. The van der Waals surface area contributed by atoms with Crippen molar-refractivity contribution < 1.29 is 164 Å². The Hall–Kier alpha value is -10.3. The number of nitrogens with zero attached hydrogens (tertiary/aromatic N) is 3. The van der Waals surface area contributed by atoms with Crippen molar-refractivity contribution in [1.29, 1.82) is 0 Å². The number of hydrogen-bond acceptors (Lipinski definition) is 37. The first kappa shape index (κ1) is 102. The van der Waals surface area contributed by atoms with Crippen LogP contribution in [0.15, 0.2) is 35.3 Å². The fourth-order valence-corrected chi connectivity index (χ4v) is 11.7. The second-order valence-corrected chi connectivity index (χ2v) is 28.9. The zero-order valence-corrected chi connectivity index (χ0v) is 64.5. The molecule has 10 amide bonds. The topological polar surface area (TPSA) is 853 Å². The Balaban J connectivity index is 2.07. The molecule has 0 fully saturated rings. The number of carboxylic acid groups (broad SMARTS) is 4.